The molecule has 0 bridgehead atoms. The van der Waals surface area contributed by atoms with Gasteiger partial charge in [-0.3, -0.25) is 14.8 Å². The maximum absolute atomic E-state index is 13.7. The molecule has 6 rings (SSSR count). The maximum Gasteiger partial charge on any atom is 0.196 e. The van der Waals surface area contributed by atoms with Crippen LogP contribution < -0.4 is 11.5 Å². The SMILES string of the molecule is Cc1ncc(C(=O)c2cnc(C)c(-c3sc(N)nc3-c3ccco3)c2)cc1-c1sc(N)nc1-c1ccco1. The molecule has 6 aromatic rings. The largest absolute Gasteiger partial charge is 0.463 e. The molecule has 9 nitrogen and oxygen atoms in total. The van der Waals surface area contributed by atoms with Crippen LogP contribution in [0, 0.1) is 13.8 Å². The fourth-order valence-electron chi connectivity index (χ4n) is 4.14. The molecule has 0 fully saturated rings. The zero-order valence-corrected chi connectivity index (χ0v) is 21.9. The van der Waals surface area contributed by atoms with Gasteiger partial charge in [-0.05, 0) is 50.2 Å². The number of ketones is 1. The average Bonchev–Trinajstić information content (AvgIpc) is 3.71. The van der Waals surface area contributed by atoms with Crippen LogP contribution in [0.2, 0.25) is 0 Å². The van der Waals surface area contributed by atoms with E-state index in [1.807, 2.05) is 38.1 Å². The molecule has 0 aliphatic heterocycles. The number of thiazole rings is 2. The number of anilines is 2. The normalized spacial score (nSPS) is 11.2. The van der Waals surface area contributed by atoms with Crippen molar-refractivity contribution in [2.24, 2.45) is 0 Å². The van der Waals surface area contributed by atoms with Gasteiger partial charge in [-0.1, -0.05) is 22.7 Å². The minimum Gasteiger partial charge on any atom is -0.463 e. The standard InChI is InChI=1S/C27H20N6O3S2/c1-13-17(24-21(32-26(28)37-24)19-5-3-7-35-19)9-15(11-30-13)23(34)16-10-18(14(2)31-12-16)25-22(33-27(29)38-25)20-6-4-8-36-20/h3-12H,1-2H3,(H2,28,32)(H2,29,33). The Bertz CT molecular complexity index is 1660. The van der Waals surface area contributed by atoms with E-state index in [-0.39, 0.29) is 5.78 Å². The third-order valence-corrected chi connectivity index (χ3v) is 7.82. The first-order chi connectivity index (χ1) is 18.4. The van der Waals surface area contributed by atoms with Crippen LogP contribution in [0.15, 0.2) is 70.2 Å². The number of carbonyl (C=O) groups is 1. The monoisotopic (exact) mass is 540 g/mol. The van der Waals surface area contributed by atoms with Crippen molar-refractivity contribution in [1.29, 1.82) is 0 Å². The second kappa shape index (κ2) is 9.36. The number of pyridine rings is 2. The Labute approximate surface area is 224 Å². The van der Waals surface area contributed by atoms with Gasteiger partial charge in [0.1, 0.15) is 11.4 Å². The second-order valence-corrected chi connectivity index (χ2v) is 10.5. The molecule has 0 saturated carbocycles. The number of aromatic nitrogens is 4. The Morgan fingerprint density at radius 3 is 1.61 bits per heavy atom. The lowest BCUT2D eigenvalue weighted by Crippen LogP contribution is -2.05. The van der Waals surface area contributed by atoms with Crippen molar-refractivity contribution in [2.75, 3.05) is 11.5 Å². The Morgan fingerprint density at radius 2 is 1.21 bits per heavy atom. The number of nitrogens with zero attached hydrogens (tertiary/aromatic N) is 4. The molecular weight excluding hydrogens is 520 g/mol. The first-order valence-corrected chi connectivity index (χ1v) is 13.1. The van der Waals surface area contributed by atoms with Crippen molar-refractivity contribution in [3.05, 3.63) is 83.8 Å². The third-order valence-electron chi connectivity index (χ3n) is 5.98. The summed E-state index contributed by atoms with van der Waals surface area (Å²) in [5.41, 5.74) is 17.1. The lowest BCUT2D eigenvalue weighted by Gasteiger charge is -2.10. The summed E-state index contributed by atoms with van der Waals surface area (Å²) in [6, 6.07) is 10.8. The van der Waals surface area contributed by atoms with Crippen molar-refractivity contribution >= 4 is 38.7 Å². The topological polar surface area (TPSA) is 147 Å². The predicted molar refractivity (Wildman–Crippen MR) is 148 cm³/mol. The number of carbonyl (C=O) groups excluding carboxylic acids is 1. The lowest BCUT2D eigenvalue weighted by atomic mass is 9.99. The summed E-state index contributed by atoms with van der Waals surface area (Å²) in [6.45, 7) is 3.75. The van der Waals surface area contributed by atoms with Gasteiger partial charge in [0.2, 0.25) is 0 Å². The van der Waals surface area contributed by atoms with Crippen LogP contribution in [0.1, 0.15) is 27.3 Å². The second-order valence-electron chi connectivity index (χ2n) is 8.46. The van der Waals surface area contributed by atoms with Crippen molar-refractivity contribution in [3.63, 3.8) is 0 Å². The van der Waals surface area contributed by atoms with Crippen LogP contribution in [-0.4, -0.2) is 25.7 Å². The van der Waals surface area contributed by atoms with Crippen molar-refractivity contribution in [3.8, 4) is 43.8 Å². The van der Waals surface area contributed by atoms with Gasteiger partial charge in [0.25, 0.3) is 0 Å². The van der Waals surface area contributed by atoms with E-state index in [2.05, 4.69) is 19.9 Å². The number of furan rings is 2. The summed E-state index contributed by atoms with van der Waals surface area (Å²) in [6.07, 6.45) is 6.29. The van der Waals surface area contributed by atoms with Crippen LogP contribution in [-0.2, 0) is 0 Å². The molecule has 6 heterocycles. The fourth-order valence-corrected chi connectivity index (χ4v) is 5.95. The van der Waals surface area contributed by atoms with Gasteiger partial charge in [0.05, 0.1) is 22.3 Å². The number of nitrogens with two attached hydrogens (primary N) is 2. The van der Waals surface area contributed by atoms with E-state index in [0.29, 0.717) is 44.3 Å². The number of hydrogen-bond donors (Lipinski definition) is 2. The molecule has 0 aromatic carbocycles. The molecule has 6 aromatic heterocycles. The van der Waals surface area contributed by atoms with Crippen LogP contribution >= 0.6 is 22.7 Å². The molecule has 0 radical (unpaired) electrons. The zero-order valence-electron chi connectivity index (χ0n) is 20.3. The Hall–Kier alpha value is -4.61. The Balaban J connectivity index is 1.42. The van der Waals surface area contributed by atoms with Crippen LogP contribution in [0.3, 0.4) is 0 Å². The molecule has 0 aliphatic rings. The minimum absolute atomic E-state index is 0.221. The molecule has 0 unspecified atom stereocenters. The fraction of sp³-hybridized carbons (Fsp3) is 0.0741. The van der Waals surface area contributed by atoms with Gasteiger partial charge in [-0.25, -0.2) is 9.97 Å². The van der Waals surface area contributed by atoms with E-state index in [1.54, 1.807) is 37.1 Å². The van der Waals surface area contributed by atoms with E-state index >= 15 is 0 Å². The summed E-state index contributed by atoms with van der Waals surface area (Å²) < 4.78 is 11.1. The summed E-state index contributed by atoms with van der Waals surface area (Å²) in [7, 11) is 0. The summed E-state index contributed by atoms with van der Waals surface area (Å²) in [5.74, 6) is 0.960. The number of rotatable bonds is 6. The molecule has 0 saturated heterocycles. The summed E-state index contributed by atoms with van der Waals surface area (Å²) in [5, 5.41) is 0.789. The predicted octanol–water partition coefficient (Wildman–Crippen LogP) is 6.26. The van der Waals surface area contributed by atoms with Gasteiger partial charge in [0, 0.05) is 46.0 Å². The van der Waals surface area contributed by atoms with E-state index < -0.39 is 0 Å². The highest BCUT2D eigenvalue weighted by molar-refractivity contribution is 7.19. The molecule has 38 heavy (non-hydrogen) atoms. The van der Waals surface area contributed by atoms with Gasteiger partial charge >= 0.3 is 0 Å². The highest BCUT2D eigenvalue weighted by atomic mass is 32.1. The van der Waals surface area contributed by atoms with Crippen molar-refractivity contribution in [1.82, 2.24) is 19.9 Å². The highest BCUT2D eigenvalue weighted by Crippen LogP contribution is 2.41. The van der Waals surface area contributed by atoms with Gasteiger partial charge in [0.15, 0.2) is 27.6 Å². The van der Waals surface area contributed by atoms with E-state index in [0.717, 1.165) is 32.3 Å². The molecular formula is C27H20N6O3S2. The summed E-state index contributed by atoms with van der Waals surface area (Å²) >= 11 is 2.63. The Morgan fingerprint density at radius 1 is 0.763 bits per heavy atom. The van der Waals surface area contributed by atoms with E-state index in [4.69, 9.17) is 20.3 Å². The van der Waals surface area contributed by atoms with Crippen LogP contribution in [0.5, 0.6) is 0 Å². The summed E-state index contributed by atoms with van der Waals surface area (Å²) in [4.78, 5) is 33.2. The quantitative estimate of drug-likeness (QED) is 0.234. The number of nitrogen functional groups attached to an aromatic ring is 2. The average molecular weight is 541 g/mol. The smallest absolute Gasteiger partial charge is 0.196 e. The van der Waals surface area contributed by atoms with Gasteiger partial charge in [-0.2, -0.15) is 0 Å². The molecule has 11 heteroatoms. The first-order valence-electron chi connectivity index (χ1n) is 11.5. The first kappa shape index (κ1) is 23.8. The molecule has 0 spiro atoms. The van der Waals surface area contributed by atoms with Crippen molar-refractivity contribution < 1.29 is 13.6 Å². The maximum atomic E-state index is 13.7. The van der Waals surface area contributed by atoms with E-state index in [9.17, 15) is 4.79 Å². The highest BCUT2D eigenvalue weighted by Gasteiger charge is 2.22. The third kappa shape index (κ3) is 4.17. The molecule has 0 aliphatic carbocycles. The zero-order chi connectivity index (χ0) is 26.4. The van der Waals surface area contributed by atoms with Gasteiger partial charge < -0.3 is 20.3 Å². The van der Waals surface area contributed by atoms with Crippen molar-refractivity contribution in [2.45, 2.75) is 13.8 Å². The minimum atomic E-state index is -0.221. The lowest BCUT2D eigenvalue weighted by molar-refractivity contribution is 0.103. The van der Waals surface area contributed by atoms with Crippen LogP contribution in [0.4, 0.5) is 10.3 Å². The van der Waals surface area contributed by atoms with Gasteiger partial charge in [-0.15, -0.1) is 0 Å². The Kier molecular flexibility index (Phi) is 5.86. The number of hydrogen-bond acceptors (Lipinski definition) is 11. The van der Waals surface area contributed by atoms with Crippen LogP contribution in [0.25, 0.3) is 43.8 Å². The molecule has 4 N–H and O–H groups in total. The van der Waals surface area contributed by atoms with E-state index in [1.165, 1.54) is 22.7 Å². The number of aryl methyl sites for hydroxylation is 2. The molecule has 0 amide bonds. The molecule has 0 atom stereocenters. The molecule has 188 valence electrons.